The second-order valence-corrected chi connectivity index (χ2v) is 4.65. The molecule has 0 spiro atoms. The van der Waals surface area contributed by atoms with Crippen molar-refractivity contribution in [3.05, 3.63) is 33.9 Å². The number of benzene rings is 1. The van der Waals surface area contributed by atoms with E-state index >= 15 is 0 Å². The van der Waals surface area contributed by atoms with E-state index in [1.54, 1.807) is 0 Å². The SMILES string of the molecule is NNc1ccc([N+](=O)[O-])c(C(=O)NCC2CCC(=O)N2)c1. The summed E-state index contributed by atoms with van der Waals surface area (Å²) in [5.74, 6) is 4.59. The average Bonchev–Trinajstić information content (AvgIpc) is 2.89. The molecule has 9 nitrogen and oxygen atoms in total. The third-order valence-electron chi connectivity index (χ3n) is 3.20. The third-order valence-corrected chi connectivity index (χ3v) is 3.20. The highest BCUT2D eigenvalue weighted by atomic mass is 16.6. The molecule has 1 aliphatic rings. The molecule has 0 saturated carbocycles. The van der Waals surface area contributed by atoms with Gasteiger partial charge < -0.3 is 16.1 Å². The van der Waals surface area contributed by atoms with Gasteiger partial charge in [0.2, 0.25) is 5.91 Å². The fraction of sp³-hybridized carbons (Fsp3) is 0.333. The van der Waals surface area contributed by atoms with Crippen LogP contribution in [0.1, 0.15) is 23.2 Å². The topological polar surface area (TPSA) is 139 Å². The molecule has 1 heterocycles. The molecule has 1 aromatic rings. The van der Waals surface area contributed by atoms with Gasteiger partial charge in [-0.15, -0.1) is 0 Å². The molecule has 1 aliphatic heterocycles. The van der Waals surface area contributed by atoms with Crippen molar-refractivity contribution in [2.45, 2.75) is 18.9 Å². The van der Waals surface area contributed by atoms with Crippen LogP contribution in [-0.4, -0.2) is 29.3 Å². The Bertz CT molecular complexity index is 589. The van der Waals surface area contributed by atoms with E-state index in [-0.39, 0.29) is 29.7 Å². The summed E-state index contributed by atoms with van der Waals surface area (Å²) in [6, 6.07) is 3.78. The Morgan fingerprint density at radius 3 is 2.86 bits per heavy atom. The van der Waals surface area contributed by atoms with Gasteiger partial charge in [0.05, 0.1) is 4.92 Å². The van der Waals surface area contributed by atoms with Crippen LogP contribution in [0.5, 0.6) is 0 Å². The molecule has 0 aliphatic carbocycles. The number of nitrogens with zero attached hydrogens (tertiary/aromatic N) is 1. The molecule has 9 heteroatoms. The highest BCUT2D eigenvalue weighted by Crippen LogP contribution is 2.22. The molecule has 2 amide bonds. The molecular weight excluding hydrogens is 278 g/mol. The summed E-state index contributed by atoms with van der Waals surface area (Å²) in [6.07, 6.45) is 1.05. The monoisotopic (exact) mass is 293 g/mol. The maximum absolute atomic E-state index is 12.1. The Balaban J connectivity index is 2.10. The van der Waals surface area contributed by atoms with E-state index < -0.39 is 10.8 Å². The van der Waals surface area contributed by atoms with Crippen molar-refractivity contribution in [2.24, 2.45) is 5.84 Å². The molecule has 1 atom stereocenters. The van der Waals surface area contributed by atoms with Crippen molar-refractivity contribution in [1.29, 1.82) is 0 Å². The number of carbonyl (C=O) groups is 2. The summed E-state index contributed by atoms with van der Waals surface area (Å²) < 4.78 is 0. The van der Waals surface area contributed by atoms with E-state index in [9.17, 15) is 19.7 Å². The Labute approximate surface area is 120 Å². The van der Waals surface area contributed by atoms with Gasteiger partial charge in [-0.2, -0.15) is 0 Å². The highest BCUT2D eigenvalue weighted by molar-refractivity contribution is 5.99. The minimum atomic E-state index is -0.632. The van der Waals surface area contributed by atoms with Gasteiger partial charge in [0.25, 0.3) is 11.6 Å². The number of rotatable bonds is 5. The Morgan fingerprint density at radius 2 is 2.29 bits per heavy atom. The van der Waals surface area contributed by atoms with Crippen LogP contribution in [0.25, 0.3) is 0 Å². The maximum atomic E-state index is 12.1. The summed E-state index contributed by atoms with van der Waals surface area (Å²) in [7, 11) is 0. The Morgan fingerprint density at radius 1 is 1.52 bits per heavy atom. The fourth-order valence-electron chi connectivity index (χ4n) is 2.11. The van der Waals surface area contributed by atoms with Gasteiger partial charge in [0, 0.05) is 30.8 Å². The minimum Gasteiger partial charge on any atom is -0.352 e. The Hall–Kier alpha value is -2.68. The number of hydrogen-bond donors (Lipinski definition) is 4. The number of nitrogen functional groups attached to an aromatic ring is 1. The summed E-state index contributed by atoms with van der Waals surface area (Å²) in [5, 5.41) is 16.2. The van der Waals surface area contributed by atoms with Gasteiger partial charge >= 0.3 is 0 Å². The first-order chi connectivity index (χ1) is 10.0. The normalized spacial score (nSPS) is 17.2. The van der Waals surface area contributed by atoms with E-state index in [2.05, 4.69) is 16.1 Å². The van der Waals surface area contributed by atoms with Crippen molar-refractivity contribution < 1.29 is 14.5 Å². The van der Waals surface area contributed by atoms with Crippen LogP contribution in [0.4, 0.5) is 11.4 Å². The molecule has 5 N–H and O–H groups in total. The minimum absolute atomic E-state index is 0.0606. The number of anilines is 1. The quantitative estimate of drug-likeness (QED) is 0.339. The van der Waals surface area contributed by atoms with Gasteiger partial charge in [0.1, 0.15) is 5.56 Å². The molecule has 1 aromatic carbocycles. The number of nitro groups is 1. The summed E-state index contributed by atoms with van der Waals surface area (Å²) in [4.78, 5) is 33.5. The van der Waals surface area contributed by atoms with Crippen LogP contribution in [0.2, 0.25) is 0 Å². The lowest BCUT2D eigenvalue weighted by Gasteiger charge is -2.12. The van der Waals surface area contributed by atoms with Crippen LogP contribution in [0.3, 0.4) is 0 Å². The summed E-state index contributed by atoms with van der Waals surface area (Å²) >= 11 is 0. The van der Waals surface area contributed by atoms with Crippen molar-refractivity contribution in [3.63, 3.8) is 0 Å². The summed E-state index contributed by atoms with van der Waals surface area (Å²) in [6.45, 7) is 0.224. The molecular formula is C12H15N5O4. The third kappa shape index (κ3) is 3.45. The second kappa shape index (κ2) is 6.18. The molecule has 1 saturated heterocycles. The Kier molecular flexibility index (Phi) is 4.33. The number of amides is 2. The summed E-state index contributed by atoms with van der Waals surface area (Å²) in [5.41, 5.74) is 2.33. The lowest BCUT2D eigenvalue weighted by molar-refractivity contribution is -0.385. The predicted molar refractivity (Wildman–Crippen MR) is 74.4 cm³/mol. The zero-order chi connectivity index (χ0) is 15.4. The van der Waals surface area contributed by atoms with Gasteiger partial charge in [-0.3, -0.25) is 25.5 Å². The zero-order valence-corrected chi connectivity index (χ0v) is 11.1. The molecule has 21 heavy (non-hydrogen) atoms. The average molecular weight is 293 g/mol. The number of nitrogens with two attached hydrogens (primary N) is 1. The fourth-order valence-corrected chi connectivity index (χ4v) is 2.11. The first-order valence-corrected chi connectivity index (χ1v) is 6.34. The van der Waals surface area contributed by atoms with Crippen LogP contribution in [-0.2, 0) is 4.79 Å². The molecule has 2 rings (SSSR count). The van der Waals surface area contributed by atoms with Crippen LogP contribution < -0.4 is 21.9 Å². The lowest BCUT2D eigenvalue weighted by atomic mass is 10.1. The van der Waals surface area contributed by atoms with E-state index in [1.165, 1.54) is 18.2 Å². The van der Waals surface area contributed by atoms with E-state index in [0.29, 0.717) is 18.5 Å². The smallest absolute Gasteiger partial charge is 0.282 e. The maximum Gasteiger partial charge on any atom is 0.282 e. The van der Waals surface area contributed by atoms with E-state index in [4.69, 9.17) is 5.84 Å². The zero-order valence-electron chi connectivity index (χ0n) is 11.1. The highest BCUT2D eigenvalue weighted by Gasteiger charge is 2.24. The number of nitro benzene ring substituents is 1. The van der Waals surface area contributed by atoms with Crippen molar-refractivity contribution >= 4 is 23.2 Å². The number of nitrogens with one attached hydrogen (secondary N) is 3. The molecule has 0 bridgehead atoms. The van der Waals surface area contributed by atoms with Crippen molar-refractivity contribution in [1.82, 2.24) is 10.6 Å². The lowest BCUT2D eigenvalue weighted by Crippen LogP contribution is -2.38. The molecule has 0 radical (unpaired) electrons. The largest absolute Gasteiger partial charge is 0.352 e. The second-order valence-electron chi connectivity index (χ2n) is 4.65. The number of hydrazine groups is 1. The van der Waals surface area contributed by atoms with Gasteiger partial charge in [-0.25, -0.2) is 0 Å². The first-order valence-electron chi connectivity index (χ1n) is 6.34. The van der Waals surface area contributed by atoms with Gasteiger partial charge in [-0.05, 0) is 18.6 Å². The van der Waals surface area contributed by atoms with Crippen molar-refractivity contribution in [3.8, 4) is 0 Å². The van der Waals surface area contributed by atoms with Crippen LogP contribution >= 0.6 is 0 Å². The predicted octanol–water partition coefficient (Wildman–Crippen LogP) is -0.111. The number of hydrogen-bond acceptors (Lipinski definition) is 6. The molecule has 0 aromatic heterocycles. The molecule has 1 unspecified atom stereocenters. The molecule has 1 fully saturated rings. The van der Waals surface area contributed by atoms with Crippen molar-refractivity contribution in [2.75, 3.05) is 12.0 Å². The first kappa shape index (κ1) is 14.7. The van der Waals surface area contributed by atoms with Gasteiger partial charge in [-0.1, -0.05) is 0 Å². The van der Waals surface area contributed by atoms with E-state index in [1.807, 2.05) is 0 Å². The van der Waals surface area contributed by atoms with Crippen LogP contribution in [0.15, 0.2) is 18.2 Å². The van der Waals surface area contributed by atoms with E-state index in [0.717, 1.165) is 0 Å². The molecule has 112 valence electrons. The standard InChI is InChI=1S/C12H15N5O4/c13-16-7-1-3-10(17(20)21)9(5-7)12(19)14-6-8-2-4-11(18)15-8/h1,3,5,8,16H,2,4,6,13H2,(H,14,19)(H,15,18). The van der Waals surface area contributed by atoms with Crippen LogP contribution in [0, 0.1) is 10.1 Å². The van der Waals surface area contributed by atoms with Gasteiger partial charge in [0.15, 0.2) is 0 Å². The number of carbonyl (C=O) groups excluding carboxylic acids is 2.